The summed E-state index contributed by atoms with van der Waals surface area (Å²) < 4.78 is 12.9. The minimum absolute atomic E-state index is 0.508. The Labute approximate surface area is 155 Å². The van der Waals surface area contributed by atoms with Gasteiger partial charge in [-0.25, -0.2) is 4.57 Å². The molecular weight excluding hydrogens is 346 g/mol. The van der Waals surface area contributed by atoms with Crippen LogP contribution in [0, 0.1) is 11.3 Å². The van der Waals surface area contributed by atoms with E-state index in [1.807, 2.05) is 34.2 Å². The number of nitriles is 1. The van der Waals surface area contributed by atoms with E-state index in [0.29, 0.717) is 17.1 Å². The fourth-order valence-electron chi connectivity index (χ4n) is 3.50. The molecule has 0 fully saturated rings. The van der Waals surface area contributed by atoms with Crippen LogP contribution in [-0.2, 0) is 13.0 Å². The summed E-state index contributed by atoms with van der Waals surface area (Å²) >= 11 is 1.60. The molecule has 130 valence electrons. The Bertz CT molecular complexity index is 1040. The van der Waals surface area contributed by atoms with Crippen molar-refractivity contribution in [2.75, 3.05) is 20.0 Å². The van der Waals surface area contributed by atoms with E-state index in [9.17, 15) is 5.26 Å². The Morgan fingerprint density at radius 3 is 2.58 bits per heavy atom. The number of fused-ring (bicyclic) bond motifs is 3. The summed E-state index contributed by atoms with van der Waals surface area (Å²) in [6.45, 7) is 0.725. The van der Waals surface area contributed by atoms with Crippen LogP contribution in [0.1, 0.15) is 11.1 Å². The van der Waals surface area contributed by atoms with Crippen molar-refractivity contribution in [3.8, 4) is 39.3 Å². The summed E-state index contributed by atoms with van der Waals surface area (Å²) in [5.74, 6) is 1.91. The monoisotopic (exact) mass is 364 g/mol. The van der Waals surface area contributed by atoms with Gasteiger partial charge in [-0.1, -0.05) is 6.07 Å². The largest absolute Gasteiger partial charge is 0.493 e. The Morgan fingerprint density at radius 2 is 1.92 bits per heavy atom. The zero-order valence-corrected chi connectivity index (χ0v) is 15.4. The van der Waals surface area contributed by atoms with Crippen molar-refractivity contribution in [1.82, 2.24) is 0 Å². The van der Waals surface area contributed by atoms with Gasteiger partial charge in [-0.2, -0.15) is 5.26 Å². The third-order valence-corrected chi connectivity index (χ3v) is 5.68. The lowest BCUT2D eigenvalue weighted by atomic mass is 9.93. The van der Waals surface area contributed by atoms with E-state index >= 15 is 0 Å². The molecule has 0 amide bonds. The molecule has 5 nitrogen and oxygen atoms in total. The maximum Gasteiger partial charge on any atom is 0.291 e. The van der Waals surface area contributed by atoms with Gasteiger partial charge in [-0.05, 0) is 35.2 Å². The van der Waals surface area contributed by atoms with Crippen LogP contribution in [-0.4, -0.2) is 14.2 Å². The number of aromatic nitrogens is 1. The maximum atomic E-state index is 9.67. The van der Waals surface area contributed by atoms with Crippen LogP contribution in [0.25, 0.3) is 21.7 Å². The normalized spacial score (nSPS) is 12.0. The zero-order chi connectivity index (χ0) is 18.3. The SMILES string of the molecule is COc1cc2c(cc1OC)-c1cc(-c3cccs3)c(C#N)c(N)[n+]1CC2. The van der Waals surface area contributed by atoms with Gasteiger partial charge >= 0.3 is 0 Å². The van der Waals surface area contributed by atoms with Crippen LogP contribution in [0.4, 0.5) is 5.82 Å². The fourth-order valence-corrected chi connectivity index (χ4v) is 4.24. The number of ether oxygens (including phenoxy) is 2. The minimum atomic E-state index is 0.508. The van der Waals surface area contributed by atoms with Gasteiger partial charge in [-0.3, -0.25) is 5.73 Å². The number of nitrogens with zero attached hydrogens (tertiary/aromatic N) is 2. The second kappa shape index (κ2) is 6.36. The van der Waals surface area contributed by atoms with Gasteiger partial charge in [0.2, 0.25) is 0 Å². The highest BCUT2D eigenvalue weighted by Crippen LogP contribution is 2.39. The molecule has 1 aliphatic rings. The van der Waals surface area contributed by atoms with Crippen molar-refractivity contribution in [1.29, 1.82) is 5.26 Å². The number of methoxy groups -OCH3 is 2. The number of nitrogens with two attached hydrogens (primary N) is 1. The summed E-state index contributed by atoms with van der Waals surface area (Å²) in [4.78, 5) is 1.03. The first-order valence-electron chi connectivity index (χ1n) is 8.23. The van der Waals surface area contributed by atoms with Crippen molar-refractivity contribution < 1.29 is 14.0 Å². The van der Waals surface area contributed by atoms with Crippen molar-refractivity contribution in [3.63, 3.8) is 0 Å². The molecule has 3 aromatic rings. The topological polar surface area (TPSA) is 72.1 Å². The third kappa shape index (κ3) is 2.40. The highest BCUT2D eigenvalue weighted by Gasteiger charge is 2.28. The molecule has 1 aromatic carbocycles. The fraction of sp³-hybridized carbons (Fsp3) is 0.200. The smallest absolute Gasteiger partial charge is 0.291 e. The minimum Gasteiger partial charge on any atom is -0.493 e. The number of anilines is 1. The van der Waals surface area contributed by atoms with E-state index in [1.54, 1.807) is 25.6 Å². The molecule has 0 atom stereocenters. The van der Waals surface area contributed by atoms with Crippen LogP contribution < -0.4 is 19.8 Å². The molecule has 2 N–H and O–H groups in total. The van der Waals surface area contributed by atoms with E-state index in [2.05, 4.69) is 12.1 Å². The first-order valence-corrected chi connectivity index (χ1v) is 9.11. The molecule has 0 bridgehead atoms. The first-order chi connectivity index (χ1) is 12.7. The second-order valence-electron chi connectivity index (χ2n) is 6.06. The number of aryl methyl sites for hydroxylation is 1. The number of thiophene rings is 1. The molecule has 6 heteroatoms. The lowest BCUT2D eigenvalue weighted by molar-refractivity contribution is -0.673. The standard InChI is InChI=1S/C20H17N3O2S/c1-24-17-8-12-5-6-23-16(13(12)10-18(17)25-2)9-14(15(11-21)20(23)22)19-4-3-7-26-19/h3-4,7-10,22H,5-6H2,1-2H3/p+1. The van der Waals surface area contributed by atoms with E-state index in [4.69, 9.17) is 15.2 Å². The molecule has 0 saturated heterocycles. The van der Waals surface area contributed by atoms with Crippen molar-refractivity contribution in [3.05, 3.63) is 46.8 Å². The predicted molar refractivity (Wildman–Crippen MR) is 101 cm³/mol. The van der Waals surface area contributed by atoms with Crippen molar-refractivity contribution in [2.24, 2.45) is 0 Å². The predicted octanol–water partition coefficient (Wildman–Crippen LogP) is 3.40. The number of pyridine rings is 1. The number of benzene rings is 1. The summed E-state index contributed by atoms with van der Waals surface area (Å²) in [5, 5.41) is 11.7. The molecule has 0 spiro atoms. The Hall–Kier alpha value is -3.04. The van der Waals surface area contributed by atoms with Crippen LogP contribution in [0.5, 0.6) is 11.5 Å². The van der Waals surface area contributed by atoms with Crippen molar-refractivity contribution in [2.45, 2.75) is 13.0 Å². The Balaban J connectivity index is 2.01. The van der Waals surface area contributed by atoms with Crippen molar-refractivity contribution >= 4 is 17.2 Å². The average molecular weight is 364 g/mol. The number of nitrogen functional groups attached to an aromatic ring is 1. The molecule has 0 radical (unpaired) electrons. The molecular formula is C20H18N3O2S+. The third-order valence-electron chi connectivity index (χ3n) is 4.78. The second-order valence-corrected chi connectivity index (χ2v) is 7.01. The highest BCUT2D eigenvalue weighted by molar-refractivity contribution is 7.13. The molecule has 26 heavy (non-hydrogen) atoms. The molecule has 4 rings (SSSR count). The number of rotatable bonds is 3. The van der Waals surface area contributed by atoms with Crippen LogP contribution in [0.15, 0.2) is 35.7 Å². The van der Waals surface area contributed by atoms with E-state index in [-0.39, 0.29) is 0 Å². The van der Waals surface area contributed by atoms with Crippen LogP contribution in [0.3, 0.4) is 0 Å². The van der Waals surface area contributed by atoms with Crippen LogP contribution in [0.2, 0.25) is 0 Å². The van der Waals surface area contributed by atoms with E-state index in [0.717, 1.165) is 40.4 Å². The van der Waals surface area contributed by atoms with Gasteiger partial charge in [0.1, 0.15) is 17.3 Å². The number of hydrogen-bond donors (Lipinski definition) is 1. The number of hydrogen-bond acceptors (Lipinski definition) is 5. The lowest BCUT2D eigenvalue weighted by Crippen LogP contribution is -2.43. The van der Waals surface area contributed by atoms with Gasteiger partial charge in [-0.15, -0.1) is 11.3 Å². The van der Waals surface area contributed by atoms with E-state index < -0.39 is 0 Å². The van der Waals surface area contributed by atoms with Gasteiger partial charge in [0, 0.05) is 22.4 Å². The Kier molecular flexibility index (Phi) is 4.02. The molecule has 0 aliphatic carbocycles. The van der Waals surface area contributed by atoms with Gasteiger partial charge < -0.3 is 9.47 Å². The molecule has 1 aliphatic heterocycles. The molecule has 2 aromatic heterocycles. The summed E-state index contributed by atoms with van der Waals surface area (Å²) in [6.07, 6.45) is 0.820. The van der Waals surface area contributed by atoms with Crippen LogP contribution >= 0.6 is 11.3 Å². The lowest BCUT2D eigenvalue weighted by Gasteiger charge is -2.22. The summed E-state index contributed by atoms with van der Waals surface area (Å²) in [6, 6.07) is 12.3. The first kappa shape index (κ1) is 16.4. The van der Waals surface area contributed by atoms with Gasteiger partial charge in [0.25, 0.3) is 5.82 Å². The molecule has 0 saturated carbocycles. The quantitative estimate of drug-likeness (QED) is 0.723. The molecule has 3 heterocycles. The van der Waals surface area contributed by atoms with Gasteiger partial charge in [0.05, 0.1) is 20.8 Å². The Morgan fingerprint density at radius 1 is 1.15 bits per heavy atom. The molecule has 0 unspecified atom stereocenters. The highest BCUT2D eigenvalue weighted by atomic mass is 32.1. The average Bonchev–Trinajstić information content (AvgIpc) is 3.21. The van der Waals surface area contributed by atoms with E-state index in [1.165, 1.54) is 5.56 Å². The summed E-state index contributed by atoms with van der Waals surface area (Å²) in [7, 11) is 3.27. The summed E-state index contributed by atoms with van der Waals surface area (Å²) in [5.41, 5.74) is 11.0. The zero-order valence-electron chi connectivity index (χ0n) is 14.6. The van der Waals surface area contributed by atoms with Gasteiger partial charge in [0.15, 0.2) is 11.5 Å². The maximum absolute atomic E-state index is 9.67.